The van der Waals surface area contributed by atoms with Gasteiger partial charge in [0.2, 0.25) is 6.41 Å². The number of aryl methyl sites for hydroxylation is 2. The lowest BCUT2D eigenvalue weighted by molar-refractivity contribution is -0.118. The molecule has 0 radical (unpaired) electrons. The number of piperazine rings is 1. The van der Waals surface area contributed by atoms with Crippen LogP contribution in [0.15, 0.2) is 41.4 Å². The van der Waals surface area contributed by atoms with Gasteiger partial charge in [-0.15, -0.1) is 0 Å². The first-order valence-corrected chi connectivity index (χ1v) is 9.88. The number of sulfonamides is 1. The van der Waals surface area contributed by atoms with Gasteiger partial charge in [-0.25, -0.2) is 13.4 Å². The van der Waals surface area contributed by atoms with Crippen molar-refractivity contribution in [3.05, 3.63) is 47.7 Å². The topological polar surface area (TPSA) is 82.6 Å². The maximum atomic E-state index is 12.6. The van der Waals surface area contributed by atoms with Crippen molar-refractivity contribution in [2.45, 2.75) is 18.7 Å². The highest BCUT2D eigenvalue weighted by Crippen LogP contribution is 2.21. The van der Waals surface area contributed by atoms with Crippen LogP contribution in [0, 0.1) is 13.8 Å². The van der Waals surface area contributed by atoms with Crippen LogP contribution in [-0.4, -0.2) is 50.9 Å². The second-order valence-corrected chi connectivity index (χ2v) is 8.06. The van der Waals surface area contributed by atoms with E-state index in [1.165, 1.54) is 6.20 Å². The van der Waals surface area contributed by atoms with Gasteiger partial charge in [-0.05, 0) is 37.6 Å². The summed E-state index contributed by atoms with van der Waals surface area (Å²) >= 11 is 0. The molecule has 1 amide bonds. The van der Waals surface area contributed by atoms with Crippen LogP contribution in [0.4, 0.5) is 11.5 Å². The summed E-state index contributed by atoms with van der Waals surface area (Å²) in [4.78, 5) is 19.2. The van der Waals surface area contributed by atoms with Gasteiger partial charge in [0.05, 0.1) is 16.8 Å². The summed E-state index contributed by atoms with van der Waals surface area (Å²) < 4.78 is 27.8. The number of anilines is 2. The minimum atomic E-state index is -3.66. The summed E-state index contributed by atoms with van der Waals surface area (Å²) in [6.45, 7) is 6.44. The van der Waals surface area contributed by atoms with Gasteiger partial charge in [-0.1, -0.05) is 17.7 Å². The van der Waals surface area contributed by atoms with Crippen LogP contribution in [0.1, 0.15) is 11.1 Å². The van der Waals surface area contributed by atoms with Gasteiger partial charge in [-0.3, -0.25) is 9.52 Å². The minimum Gasteiger partial charge on any atom is -0.353 e. The zero-order valence-corrected chi connectivity index (χ0v) is 15.7. The third-order valence-corrected chi connectivity index (χ3v) is 5.95. The summed E-state index contributed by atoms with van der Waals surface area (Å²) in [5.41, 5.74) is 2.14. The third kappa shape index (κ3) is 3.96. The lowest BCUT2D eigenvalue weighted by Gasteiger charge is -2.33. The highest BCUT2D eigenvalue weighted by atomic mass is 32.2. The van der Waals surface area contributed by atoms with Crippen LogP contribution in [0.2, 0.25) is 0 Å². The van der Waals surface area contributed by atoms with E-state index in [-0.39, 0.29) is 4.90 Å². The number of nitrogens with zero attached hydrogens (tertiary/aromatic N) is 3. The lowest BCUT2D eigenvalue weighted by Crippen LogP contribution is -2.46. The molecule has 7 nitrogen and oxygen atoms in total. The quantitative estimate of drug-likeness (QED) is 0.807. The van der Waals surface area contributed by atoms with Crippen LogP contribution in [-0.2, 0) is 14.8 Å². The van der Waals surface area contributed by atoms with Gasteiger partial charge in [0.15, 0.2) is 0 Å². The summed E-state index contributed by atoms with van der Waals surface area (Å²) in [6, 6.07) is 8.73. The fourth-order valence-electron chi connectivity index (χ4n) is 3.00. The highest BCUT2D eigenvalue weighted by molar-refractivity contribution is 7.92. The molecule has 26 heavy (non-hydrogen) atoms. The molecule has 0 spiro atoms. The Bertz CT molecular complexity index is 889. The Labute approximate surface area is 153 Å². The molecule has 2 heterocycles. The Morgan fingerprint density at radius 3 is 2.38 bits per heavy atom. The van der Waals surface area contributed by atoms with E-state index in [1.807, 2.05) is 13.0 Å². The molecule has 1 aliphatic heterocycles. The standard InChI is InChI=1S/C18H22N4O3S/c1-14-3-5-17(15(2)11-14)26(24,25)20-16-4-6-18(19-12-16)22-9-7-21(13-23)8-10-22/h3-6,11-13,20H,7-10H2,1-2H3. The highest BCUT2D eigenvalue weighted by Gasteiger charge is 2.19. The molecule has 1 aliphatic rings. The van der Waals surface area contributed by atoms with Crippen molar-refractivity contribution in [3.8, 4) is 0 Å². The number of hydrogen-bond donors (Lipinski definition) is 1. The van der Waals surface area contributed by atoms with E-state index in [9.17, 15) is 13.2 Å². The fourth-order valence-corrected chi connectivity index (χ4v) is 4.27. The number of hydrogen-bond acceptors (Lipinski definition) is 5. The monoisotopic (exact) mass is 374 g/mol. The fraction of sp³-hybridized carbons (Fsp3) is 0.333. The molecule has 1 fully saturated rings. The number of carbonyl (C=O) groups excluding carboxylic acids is 1. The van der Waals surface area contributed by atoms with Crippen LogP contribution in [0.25, 0.3) is 0 Å². The van der Waals surface area contributed by atoms with Crippen LogP contribution >= 0.6 is 0 Å². The first kappa shape index (κ1) is 18.2. The molecule has 3 rings (SSSR count). The largest absolute Gasteiger partial charge is 0.353 e. The van der Waals surface area contributed by atoms with E-state index in [2.05, 4.69) is 14.6 Å². The van der Waals surface area contributed by atoms with Gasteiger partial charge in [0.1, 0.15) is 5.82 Å². The molecule has 0 unspecified atom stereocenters. The Morgan fingerprint density at radius 1 is 1.08 bits per heavy atom. The normalized spacial score (nSPS) is 15.0. The maximum Gasteiger partial charge on any atom is 0.262 e. The Balaban J connectivity index is 1.72. The van der Waals surface area contributed by atoms with Crippen molar-refractivity contribution in [1.29, 1.82) is 0 Å². The molecule has 138 valence electrons. The van der Waals surface area contributed by atoms with Gasteiger partial charge in [-0.2, -0.15) is 0 Å². The maximum absolute atomic E-state index is 12.6. The van der Waals surface area contributed by atoms with Crippen molar-refractivity contribution < 1.29 is 13.2 Å². The van der Waals surface area contributed by atoms with E-state index in [0.29, 0.717) is 37.4 Å². The van der Waals surface area contributed by atoms with E-state index in [4.69, 9.17) is 0 Å². The van der Waals surface area contributed by atoms with Crippen molar-refractivity contribution in [2.75, 3.05) is 35.8 Å². The molecule has 0 bridgehead atoms. The summed E-state index contributed by atoms with van der Waals surface area (Å²) in [5.74, 6) is 0.769. The second-order valence-electron chi connectivity index (χ2n) is 6.41. The van der Waals surface area contributed by atoms with Crippen LogP contribution < -0.4 is 9.62 Å². The molecule has 2 aromatic rings. The molecule has 8 heteroatoms. The van der Waals surface area contributed by atoms with Crippen molar-refractivity contribution >= 4 is 27.9 Å². The lowest BCUT2D eigenvalue weighted by atomic mass is 10.2. The Hall–Kier alpha value is -2.61. The van der Waals surface area contributed by atoms with Crippen LogP contribution in [0.3, 0.4) is 0 Å². The van der Waals surface area contributed by atoms with Crippen molar-refractivity contribution in [2.24, 2.45) is 0 Å². The van der Waals surface area contributed by atoms with E-state index < -0.39 is 10.0 Å². The first-order valence-electron chi connectivity index (χ1n) is 8.39. The predicted molar refractivity (Wildman–Crippen MR) is 101 cm³/mol. The number of aromatic nitrogens is 1. The SMILES string of the molecule is Cc1ccc(S(=O)(=O)Nc2ccc(N3CCN(C=O)CC3)nc2)c(C)c1. The van der Waals surface area contributed by atoms with Gasteiger partial charge >= 0.3 is 0 Å². The molecular formula is C18H22N4O3S. The van der Waals surface area contributed by atoms with Crippen LogP contribution in [0.5, 0.6) is 0 Å². The minimum absolute atomic E-state index is 0.261. The average molecular weight is 374 g/mol. The van der Waals surface area contributed by atoms with Crippen molar-refractivity contribution in [1.82, 2.24) is 9.88 Å². The second kappa shape index (κ2) is 7.33. The molecule has 1 N–H and O–H groups in total. The molecule has 1 saturated heterocycles. The van der Waals surface area contributed by atoms with Gasteiger partial charge in [0.25, 0.3) is 10.0 Å². The van der Waals surface area contributed by atoms with Crippen molar-refractivity contribution in [3.63, 3.8) is 0 Å². The number of pyridine rings is 1. The number of carbonyl (C=O) groups is 1. The summed E-state index contributed by atoms with van der Waals surface area (Å²) in [7, 11) is -3.66. The third-order valence-electron chi connectivity index (χ3n) is 4.41. The smallest absolute Gasteiger partial charge is 0.262 e. The molecule has 1 aromatic heterocycles. The molecule has 0 atom stereocenters. The average Bonchev–Trinajstić information content (AvgIpc) is 2.62. The molecule has 0 aliphatic carbocycles. The zero-order chi connectivity index (χ0) is 18.7. The predicted octanol–water partition coefficient (Wildman–Crippen LogP) is 1.78. The first-order chi connectivity index (χ1) is 12.4. The molecular weight excluding hydrogens is 352 g/mol. The number of nitrogens with one attached hydrogen (secondary N) is 1. The van der Waals surface area contributed by atoms with E-state index >= 15 is 0 Å². The number of rotatable bonds is 5. The van der Waals surface area contributed by atoms with Gasteiger partial charge < -0.3 is 9.80 Å². The Kier molecular flexibility index (Phi) is 5.13. The van der Waals surface area contributed by atoms with E-state index in [0.717, 1.165) is 17.8 Å². The van der Waals surface area contributed by atoms with E-state index in [1.54, 1.807) is 36.1 Å². The molecule has 1 aromatic carbocycles. The summed E-state index contributed by atoms with van der Waals surface area (Å²) in [6.07, 6.45) is 2.37. The summed E-state index contributed by atoms with van der Waals surface area (Å²) in [5, 5.41) is 0. The number of amides is 1. The number of benzene rings is 1. The molecule has 0 saturated carbocycles. The zero-order valence-electron chi connectivity index (χ0n) is 14.8. The Morgan fingerprint density at radius 2 is 1.81 bits per heavy atom. The van der Waals surface area contributed by atoms with Gasteiger partial charge in [0, 0.05) is 26.2 Å².